The molecule has 2 aromatic rings. The summed E-state index contributed by atoms with van der Waals surface area (Å²) >= 11 is 0. The molecule has 0 saturated carbocycles. The van der Waals surface area contributed by atoms with Gasteiger partial charge in [-0.05, 0) is 29.8 Å². The Balaban J connectivity index is 1.83. The summed E-state index contributed by atoms with van der Waals surface area (Å²) in [6.07, 6.45) is 0. The maximum Gasteiger partial charge on any atom is 0.193 e. The van der Waals surface area contributed by atoms with Crippen LogP contribution in [0, 0.1) is 0 Å². The van der Waals surface area contributed by atoms with E-state index < -0.39 is 10.8 Å². The average molecular weight is 359 g/mol. The van der Waals surface area contributed by atoms with Crippen molar-refractivity contribution in [3.63, 3.8) is 0 Å². The Kier molecular flexibility index (Phi) is 7.47. The molecule has 0 amide bonds. The molecular formula is C19H25N3O2S. The molecule has 25 heavy (non-hydrogen) atoms. The Bertz CT molecular complexity index is 702. The summed E-state index contributed by atoms with van der Waals surface area (Å²) in [6, 6.07) is 17.5. The van der Waals surface area contributed by atoms with Crippen molar-refractivity contribution in [1.82, 2.24) is 10.2 Å². The molecule has 0 radical (unpaired) electrons. The number of nitrogens with one attached hydrogen (secondary N) is 1. The maximum atomic E-state index is 12.2. The molecule has 0 heterocycles. The summed E-state index contributed by atoms with van der Waals surface area (Å²) in [6.45, 7) is 1.33. The minimum absolute atomic E-state index is 0.541. The van der Waals surface area contributed by atoms with E-state index in [0.717, 1.165) is 23.1 Å². The zero-order valence-electron chi connectivity index (χ0n) is 14.9. The van der Waals surface area contributed by atoms with Crippen molar-refractivity contribution in [2.75, 3.05) is 33.5 Å². The second-order valence-electron chi connectivity index (χ2n) is 5.54. The van der Waals surface area contributed by atoms with Crippen LogP contribution in [0.4, 0.5) is 0 Å². The first-order valence-corrected chi connectivity index (χ1v) is 9.44. The Morgan fingerprint density at radius 3 is 2.44 bits per heavy atom. The lowest BCUT2D eigenvalue weighted by atomic mass is 10.2. The second kappa shape index (κ2) is 9.84. The molecule has 0 aromatic heterocycles. The lowest BCUT2D eigenvalue weighted by molar-refractivity contribution is 0.414. The first-order valence-electron chi connectivity index (χ1n) is 8.12. The standard InChI is InChI=1S/C19H25N3O2S/c1-20-19(21-13-14-25(23)18-7-5-4-6-8-18)22(2)15-16-9-11-17(24-3)12-10-16/h4-12H,13-15H2,1-3H3,(H,20,21). The molecule has 1 N–H and O–H groups in total. The van der Waals surface area contributed by atoms with Gasteiger partial charge >= 0.3 is 0 Å². The molecule has 0 spiro atoms. The van der Waals surface area contributed by atoms with Crippen LogP contribution in [0.15, 0.2) is 64.5 Å². The fourth-order valence-corrected chi connectivity index (χ4v) is 3.39. The van der Waals surface area contributed by atoms with Crippen LogP contribution in [-0.2, 0) is 17.3 Å². The molecule has 6 heteroatoms. The summed E-state index contributed by atoms with van der Waals surface area (Å²) < 4.78 is 17.4. The quantitative estimate of drug-likeness (QED) is 0.610. The van der Waals surface area contributed by atoms with E-state index in [1.165, 1.54) is 5.56 Å². The van der Waals surface area contributed by atoms with E-state index in [9.17, 15) is 4.21 Å². The normalized spacial score (nSPS) is 12.5. The van der Waals surface area contributed by atoms with Crippen LogP contribution < -0.4 is 10.1 Å². The summed E-state index contributed by atoms with van der Waals surface area (Å²) in [5.41, 5.74) is 1.17. The lowest BCUT2D eigenvalue weighted by Crippen LogP contribution is -2.40. The van der Waals surface area contributed by atoms with Crippen LogP contribution in [0.2, 0.25) is 0 Å². The zero-order valence-corrected chi connectivity index (χ0v) is 15.8. The summed E-state index contributed by atoms with van der Waals surface area (Å²) in [5, 5.41) is 3.27. The summed E-state index contributed by atoms with van der Waals surface area (Å²) in [4.78, 5) is 7.18. The van der Waals surface area contributed by atoms with E-state index in [1.807, 2.05) is 66.5 Å². The van der Waals surface area contributed by atoms with E-state index in [4.69, 9.17) is 4.74 Å². The van der Waals surface area contributed by atoms with Crippen molar-refractivity contribution < 1.29 is 8.95 Å². The zero-order chi connectivity index (χ0) is 18.1. The van der Waals surface area contributed by atoms with Crippen molar-refractivity contribution >= 4 is 16.8 Å². The summed E-state index contributed by atoms with van der Waals surface area (Å²) in [7, 11) is 4.38. The third-order valence-corrected chi connectivity index (χ3v) is 5.10. The van der Waals surface area contributed by atoms with E-state index in [-0.39, 0.29) is 0 Å². The maximum absolute atomic E-state index is 12.2. The number of methoxy groups -OCH3 is 1. The van der Waals surface area contributed by atoms with Gasteiger partial charge in [-0.15, -0.1) is 0 Å². The average Bonchev–Trinajstić information content (AvgIpc) is 2.66. The van der Waals surface area contributed by atoms with Crippen LogP contribution >= 0.6 is 0 Å². The highest BCUT2D eigenvalue weighted by Crippen LogP contribution is 2.12. The monoisotopic (exact) mass is 359 g/mol. The molecule has 5 nitrogen and oxygen atoms in total. The van der Waals surface area contributed by atoms with Crippen molar-refractivity contribution in [1.29, 1.82) is 0 Å². The predicted molar refractivity (Wildman–Crippen MR) is 104 cm³/mol. The molecule has 0 aliphatic heterocycles. The summed E-state index contributed by atoms with van der Waals surface area (Å²) in [5.74, 6) is 2.16. The number of rotatable bonds is 7. The van der Waals surface area contributed by atoms with Gasteiger partial charge in [-0.25, -0.2) is 0 Å². The first-order chi connectivity index (χ1) is 12.1. The molecule has 1 atom stereocenters. The molecular weight excluding hydrogens is 334 g/mol. The highest BCUT2D eigenvalue weighted by Gasteiger charge is 2.08. The van der Waals surface area contributed by atoms with Gasteiger partial charge in [0.2, 0.25) is 0 Å². The van der Waals surface area contributed by atoms with Crippen LogP contribution in [0.1, 0.15) is 5.56 Å². The van der Waals surface area contributed by atoms with E-state index in [2.05, 4.69) is 10.3 Å². The molecule has 1 unspecified atom stereocenters. The van der Waals surface area contributed by atoms with Gasteiger partial charge in [-0.2, -0.15) is 0 Å². The first kappa shape index (κ1) is 19.0. The van der Waals surface area contributed by atoms with Gasteiger partial charge in [0.15, 0.2) is 5.96 Å². The highest BCUT2D eigenvalue weighted by molar-refractivity contribution is 7.85. The van der Waals surface area contributed by atoms with Gasteiger partial charge in [0.25, 0.3) is 0 Å². The number of aliphatic imine (C=N–C) groups is 1. The Morgan fingerprint density at radius 2 is 1.84 bits per heavy atom. The fraction of sp³-hybridized carbons (Fsp3) is 0.316. The number of hydrogen-bond donors (Lipinski definition) is 1. The third-order valence-electron chi connectivity index (χ3n) is 3.73. The van der Waals surface area contributed by atoms with Crippen LogP contribution in [0.5, 0.6) is 5.75 Å². The van der Waals surface area contributed by atoms with Gasteiger partial charge in [-0.3, -0.25) is 9.20 Å². The Morgan fingerprint density at radius 1 is 1.16 bits per heavy atom. The smallest absolute Gasteiger partial charge is 0.193 e. The number of hydrogen-bond acceptors (Lipinski definition) is 3. The number of benzene rings is 2. The van der Waals surface area contributed by atoms with Crippen molar-refractivity contribution in [3.8, 4) is 5.75 Å². The van der Waals surface area contributed by atoms with Gasteiger partial charge in [0.1, 0.15) is 5.75 Å². The minimum atomic E-state index is -1.01. The van der Waals surface area contributed by atoms with Crippen molar-refractivity contribution in [2.24, 2.45) is 4.99 Å². The molecule has 0 fully saturated rings. The topological polar surface area (TPSA) is 53.9 Å². The molecule has 0 bridgehead atoms. The van der Waals surface area contributed by atoms with Crippen LogP contribution in [-0.4, -0.2) is 48.6 Å². The third kappa shape index (κ3) is 5.90. The van der Waals surface area contributed by atoms with Crippen molar-refractivity contribution in [3.05, 3.63) is 60.2 Å². The fourth-order valence-electron chi connectivity index (χ4n) is 2.41. The van der Waals surface area contributed by atoms with E-state index in [0.29, 0.717) is 12.3 Å². The number of guanidine groups is 1. The minimum Gasteiger partial charge on any atom is -0.497 e. The molecule has 134 valence electrons. The van der Waals surface area contributed by atoms with Gasteiger partial charge < -0.3 is 15.0 Å². The molecule has 0 aliphatic carbocycles. The SMILES string of the molecule is CN=C(NCCS(=O)c1ccccc1)N(C)Cc1ccc(OC)cc1. The molecule has 0 saturated heterocycles. The van der Waals surface area contributed by atoms with Crippen LogP contribution in [0.25, 0.3) is 0 Å². The van der Waals surface area contributed by atoms with Crippen molar-refractivity contribution in [2.45, 2.75) is 11.4 Å². The van der Waals surface area contributed by atoms with Gasteiger partial charge in [0, 0.05) is 37.8 Å². The number of ether oxygens (including phenoxy) is 1. The second-order valence-corrected chi connectivity index (χ2v) is 7.11. The molecule has 2 aromatic carbocycles. The highest BCUT2D eigenvalue weighted by atomic mass is 32.2. The molecule has 2 rings (SSSR count). The Hall–Kier alpha value is -2.34. The van der Waals surface area contributed by atoms with Gasteiger partial charge in [0.05, 0.1) is 17.9 Å². The molecule has 0 aliphatic rings. The van der Waals surface area contributed by atoms with E-state index in [1.54, 1.807) is 14.2 Å². The van der Waals surface area contributed by atoms with Crippen LogP contribution in [0.3, 0.4) is 0 Å². The predicted octanol–water partition coefficient (Wildman–Crippen LogP) is 2.51. The van der Waals surface area contributed by atoms with Gasteiger partial charge in [-0.1, -0.05) is 30.3 Å². The number of nitrogens with zero attached hydrogens (tertiary/aromatic N) is 2. The Labute approximate surface area is 152 Å². The van der Waals surface area contributed by atoms with E-state index >= 15 is 0 Å². The largest absolute Gasteiger partial charge is 0.497 e. The lowest BCUT2D eigenvalue weighted by Gasteiger charge is -2.22.